The molecule has 3 unspecified atom stereocenters. The average molecular weight is 463 g/mol. The Hall–Kier alpha value is -1.96. The molecule has 2 aromatic carbocycles. The quantitative estimate of drug-likeness (QED) is 0.406. The van der Waals surface area contributed by atoms with E-state index in [-0.39, 0.29) is 24.0 Å². The number of ether oxygens (including phenoxy) is 2. The van der Waals surface area contributed by atoms with Crippen LogP contribution in [0.1, 0.15) is 23.5 Å². The largest absolute Gasteiger partial charge is 0.490 e. The molecule has 2 aliphatic carbocycles. The van der Waals surface area contributed by atoms with E-state index in [1.165, 1.54) is 11.1 Å². The summed E-state index contributed by atoms with van der Waals surface area (Å²) in [7, 11) is 0. The summed E-state index contributed by atoms with van der Waals surface area (Å²) in [5.74, 6) is 3.16. The van der Waals surface area contributed by atoms with Gasteiger partial charge in [0.15, 0.2) is 17.5 Å². The predicted molar refractivity (Wildman–Crippen MR) is 113 cm³/mol. The Kier molecular flexibility index (Phi) is 4.69. The second kappa shape index (κ2) is 6.98. The van der Waals surface area contributed by atoms with Gasteiger partial charge in [-0.3, -0.25) is 0 Å². The number of aliphatic imine (C=N–C) groups is 1. The molecule has 26 heavy (non-hydrogen) atoms. The van der Waals surface area contributed by atoms with Gasteiger partial charge in [0.25, 0.3) is 0 Å². The minimum Gasteiger partial charge on any atom is -0.490 e. The van der Waals surface area contributed by atoms with Gasteiger partial charge in [0, 0.05) is 24.1 Å². The molecule has 1 fully saturated rings. The number of halogens is 1. The molecule has 1 saturated carbocycles. The lowest BCUT2D eigenvalue weighted by molar-refractivity contribution is 0.297. The fourth-order valence-corrected chi connectivity index (χ4v) is 4.08. The SMILES string of the molecule is I.NC(=NC1C2Cc3ccccc3C21)Nc1ccc2c(c1)OCCCO2. The second-order valence-electron chi connectivity index (χ2n) is 6.93. The molecule has 0 amide bonds. The van der Waals surface area contributed by atoms with E-state index in [4.69, 9.17) is 20.2 Å². The molecule has 1 aliphatic heterocycles. The molecule has 0 aromatic heterocycles. The van der Waals surface area contributed by atoms with E-state index in [1.54, 1.807) is 0 Å². The van der Waals surface area contributed by atoms with Crippen LogP contribution in [0.25, 0.3) is 0 Å². The van der Waals surface area contributed by atoms with Crippen LogP contribution in [0.4, 0.5) is 5.69 Å². The minimum atomic E-state index is 0. The van der Waals surface area contributed by atoms with Crippen molar-refractivity contribution < 1.29 is 9.47 Å². The van der Waals surface area contributed by atoms with Crippen molar-refractivity contribution in [2.45, 2.75) is 24.8 Å². The monoisotopic (exact) mass is 463 g/mol. The van der Waals surface area contributed by atoms with Crippen molar-refractivity contribution in [1.29, 1.82) is 0 Å². The molecule has 3 atom stereocenters. The first-order valence-electron chi connectivity index (χ1n) is 8.87. The van der Waals surface area contributed by atoms with Gasteiger partial charge in [0.1, 0.15) is 0 Å². The Morgan fingerprint density at radius 2 is 1.88 bits per heavy atom. The van der Waals surface area contributed by atoms with Crippen molar-refractivity contribution in [2.75, 3.05) is 18.5 Å². The van der Waals surface area contributed by atoms with Gasteiger partial charge >= 0.3 is 0 Å². The molecule has 2 aromatic rings. The summed E-state index contributed by atoms with van der Waals surface area (Å²) < 4.78 is 11.4. The molecule has 0 bridgehead atoms. The van der Waals surface area contributed by atoms with E-state index in [2.05, 4.69) is 29.6 Å². The number of guanidine groups is 1. The number of anilines is 1. The Balaban J connectivity index is 0.00000168. The first kappa shape index (κ1) is 17.5. The third-order valence-corrected chi connectivity index (χ3v) is 5.30. The molecule has 6 heteroatoms. The topological polar surface area (TPSA) is 68.9 Å². The standard InChI is InChI=1S/C20H21N3O2.HI/c21-20(22-13-6-7-16-17(11-13)25-9-3-8-24-16)23-19-15-10-12-4-1-2-5-14(12)18(15)19;/h1-2,4-7,11,15,18-19H,3,8-10H2,(H3,21,22,23);1H. The summed E-state index contributed by atoms with van der Waals surface area (Å²) in [5, 5.41) is 3.19. The molecular weight excluding hydrogens is 441 g/mol. The highest BCUT2D eigenvalue weighted by Gasteiger charge is 2.55. The number of hydrogen-bond acceptors (Lipinski definition) is 3. The zero-order chi connectivity index (χ0) is 16.8. The first-order chi connectivity index (χ1) is 12.3. The molecule has 1 heterocycles. The predicted octanol–water partition coefficient (Wildman–Crippen LogP) is 3.53. The summed E-state index contributed by atoms with van der Waals surface area (Å²) in [6.45, 7) is 1.36. The third-order valence-electron chi connectivity index (χ3n) is 5.30. The summed E-state index contributed by atoms with van der Waals surface area (Å²) >= 11 is 0. The number of nitrogens with two attached hydrogens (primary N) is 1. The van der Waals surface area contributed by atoms with Crippen LogP contribution in [0.5, 0.6) is 11.5 Å². The number of rotatable bonds is 2. The number of benzene rings is 2. The lowest BCUT2D eigenvalue weighted by Crippen LogP contribution is -2.23. The second-order valence-corrected chi connectivity index (χ2v) is 6.93. The van der Waals surface area contributed by atoms with Crippen LogP contribution in [0, 0.1) is 5.92 Å². The molecule has 3 N–H and O–H groups in total. The number of nitrogens with zero attached hydrogens (tertiary/aromatic N) is 1. The van der Waals surface area contributed by atoms with Gasteiger partial charge in [-0.05, 0) is 35.6 Å². The Bertz CT molecular complexity index is 855. The van der Waals surface area contributed by atoms with Crippen molar-refractivity contribution in [1.82, 2.24) is 0 Å². The van der Waals surface area contributed by atoms with Crippen LogP contribution >= 0.6 is 24.0 Å². The van der Waals surface area contributed by atoms with Gasteiger partial charge in [-0.1, -0.05) is 24.3 Å². The third kappa shape index (κ3) is 3.11. The zero-order valence-corrected chi connectivity index (χ0v) is 16.7. The highest BCUT2D eigenvalue weighted by atomic mass is 127. The fourth-order valence-electron chi connectivity index (χ4n) is 4.08. The zero-order valence-electron chi connectivity index (χ0n) is 14.4. The van der Waals surface area contributed by atoms with E-state index in [0.29, 0.717) is 37.1 Å². The van der Waals surface area contributed by atoms with Crippen LogP contribution in [0.2, 0.25) is 0 Å². The summed E-state index contributed by atoms with van der Waals surface area (Å²) in [6.07, 6.45) is 2.01. The lowest BCUT2D eigenvalue weighted by atomic mass is 10.1. The Morgan fingerprint density at radius 3 is 2.77 bits per heavy atom. The maximum atomic E-state index is 6.14. The number of nitrogens with one attached hydrogen (secondary N) is 1. The maximum absolute atomic E-state index is 6.14. The molecule has 0 radical (unpaired) electrons. The van der Waals surface area contributed by atoms with Crippen LogP contribution in [0.15, 0.2) is 47.5 Å². The molecule has 5 rings (SSSR count). The molecule has 0 spiro atoms. The summed E-state index contributed by atoms with van der Waals surface area (Å²) in [4.78, 5) is 4.71. The van der Waals surface area contributed by atoms with Gasteiger partial charge in [0.05, 0.1) is 19.3 Å². The van der Waals surface area contributed by atoms with Gasteiger partial charge in [-0.2, -0.15) is 0 Å². The normalized spacial score (nSPS) is 25.4. The molecule has 3 aliphatic rings. The summed E-state index contributed by atoms with van der Waals surface area (Å²) in [5.41, 5.74) is 9.94. The van der Waals surface area contributed by atoms with Gasteiger partial charge < -0.3 is 20.5 Å². The molecule has 5 nitrogen and oxygen atoms in total. The first-order valence-corrected chi connectivity index (χ1v) is 8.87. The van der Waals surface area contributed by atoms with Crippen molar-refractivity contribution in [3.63, 3.8) is 0 Å². The van der Waals surface area contributed by atoms with Crippen LogP contribution in [-0.2, 0) is 6.42 Å². The molecule has 0 saturated heterocycles. The van der Waals surface area contributed by atoms with E-state index in [0.717, 1.165) is 30.0 Å². The average Bonchev–Trinajstić information content (AvgIpc) is 3.21. The fraction of sp³-hybridized carbons (Fsp3) is 0.350. The summed E-state index contributed by atoms with van der Waals surface area (Å²) in [6, 6.07) is 14.8. The van der Waals surface area contributed by atoms with Crippen LogP contribution in [0.3, 0.4) is 0 Å². The smallest absolute Gasteiger partial charge is 0.193 e. The van der Waals surface area contributed by atoms with E-state index in [9.17, 15) is 0 Å². The number of fused-ring (bicyclic) bond motifs is 4. The van der Waals surface area contributed by atoms with Gasteiger partial charge in [-0.25, -0.2) is 4.99 Å². The van der Waals surface area contributed by atoms with Gasteiger partial charge in [0.2, 0.25) is 0 Å². The van der Waals surface area contributed by atoms with E-state index < -0.39 is 0 Å². The highest BCUT2D eigenvalue weighted by molar-refractivity contribution is 14.0. The highest BCUT2D eigenvalue weighted by Crippen LogP contribution is 2.58. The van der Waals surface area contributed by atoms with Crippen LogP contribution in [-0.4, -0.2) is 25.2 Å². The molecule has 136 valence electrons. The van der Waals surface area contributed by atoms with Crippen LogP contribution < -0.4 is 20.5 Å². The molecular formula is C20H22IN3O2. The lowest BCUT2D eigenvalue weighted by Gasteiger charge is -2.11. The van der Waals surface area contributed by atoms with E-state index in [1.807, 2.05) is 18.2 Å². The van der Waals surface area contributed by atoms with Crippen molar-refractivity contribution in [2.24, 2.45) is 16.6 Å². The number of hydrogen-bond donors (Lipinski definition) is 2. The van der Waals surface area contributed by atoms with Crippen molar-refractivity contribution in [3.05, 3.63) is 53.6 Å². The van der Waals surface area contributed by atoms with Crippen molar-refractivity contribution in [3.8, 4) is 11.5 Å². The Labute approximate surface area is 170 Å². The Morgan fingerprint density at radius 1 is 1.08 bits per heavy atom. The maximum Gasteiger partial charge on any atom is 0.193 e. The van der Waals surface area contributed by atoms with E-state index >= 15 is 0 Å². The minimum absolute atomic E-state index is 0. The van der Waals surface area contributed by atoms with Gasteiger partial charge in [-0.15, -0.1) is 24.0 Å². The van der Waals surface area contributed by atoms with Crippen molar-refractivity contribution >= 4 is 35.6 Å².